The first-order chi connectivity index (χ1) is 10.1. The molecule has 2 heterocycles. The van der Waals surface area contributed by atoms with Gasteiger partial charge in [0.05, 0.1) is 0 Å². The average molecular weight is 285 g/mol. The minimum atomic E-state index is -0.370. The Bertz CT molecular complexity index is 705. The molecule has 1 unspecified atom stereocenters. The van der Waals surface area contributed by atoms with Gasteiger partial charge >= 0.3 is 0 Å². The number of carbonyl (C=O) groups excluding carboxylic acids is 2. The molecule has 1 fully saturated rings. The number of piperidine rings is 1. The van der Waals surface area contributed by atoms with Crippen LogP contribution >= 0.6 is 0 Å². The largest absolute Gasteiger partial charge is 0.361 e. The van der Waals surface area contributed by atoms with Gasteiger partial charge in [0.1, 0.15) is 6.04 Å². The molecule has 1 aliphatic rings. The van der Waals surface area contributed by atoms with Gasteiger partial charge in [-0.3, -0.25) is 9.59 Å². The second kappa shape index (κ2) is 5.24. The van der Waals surface area contributed by atoms with Crippen molar-refractivity contribution >= 4 is 28.4 Å². The SMILES string of the molecule is Cc1cc2cc[nH]c2cc1NC(=O)C1CCCC(=O)N1C. The number of carbonyl (C=O) groups is 2. The second-order valence-electron chi connectivity index (χ2n) is 5.63. The molecule has 0 aliphatic carbocycles. The molecule has 0 bridgehead atoms. The first-order valence-corrected chi connectivity index (χ1v) is 7.20. The van der Waals surface area contributed by atoms with E-state index in [-0.39, 0.29) is 17.9 Å². The van der Waals surface area contributed by atoms with Crippen LogP contribution < -0.4 is 5.32 Å². The van der Waals surface area contributed by atoms with Crippen LogP contribution in [0.1, 0.15) is 24.8 Å². The quantitative estimate of drug-likeness (QED) is 0.890. The van der Waals surface area contributed by atoms with Crippen molar-refractivity contribution in [3.63, 3.8) is 0 Å². The van der Waals surface area contributed by atoms with E-state index in [0.717, 1.165) is 35.0 Å². The third-order valence-electron chi connectivity index (χ3n) is 4.19. The van der Waals surface area contributed by atoms with Gasteiger partial charge in [-0.05, 0) is 48.9 Å². The smallest absolute Gasteiger partial charge is 0.247 e. The van der Waals surface area contributed by atoms with Crippen molar-refractivity contribution in [3.8, 4) is 0 Å². The molecule has 2 N–H and O–H groups in total. The lowest BCUT2D eigenvalue weighted by Gasteiger charge is -2.31. The van der Waals surface area contributed by atoms with Crippen LogP contribution in [-0.4, -0.2) is 34.8 Å². The number of hydrogen-bond acceptors (Lipinski definition) is 2. The highest BCUT2D eigenvalue weighted by Gasteiger charge is 2.30. The van der Waals surface area contributed by atoms with E-state index in [2.05, 4.69) is 10.3 Å². The van der Waals surface area contributed by atoms with Gasteiger partial charge in [0.25, 0.3) is 0 Å². The molecule has 5 heteroatoms. The Labute approximate surface area is 123 Å². The van der Waals surface area contributed by atoms with Gasteiger partial charge in [-0.15, -0.1) is 0 Å². The fourth-order valence-corrected chi connectivity index (χ4v) is 2.86. The monoisotopic (exact) mass is 285 g/mol. The number of H-pyrrole nitrogens is 1. The molecule has 2 aromatic rings. The van der Waals surface area contributed by atoms with Gasteiger partial charge in [0.2, 0.25) is 11.8 Å². The number of nitrogens with zero attached hydrogens (tertiary/aromatic N) is 1. The highest BCUT2D eigenvalue weighted by Crippen LogP contribution is 2.24. The van der Waals surface area contributed by atoms with Gasteiger partial charge in [0.15, 0.2) is 0 Å². The molecule has 1 aromatic carbocycles. The molecular formula is C16H19N3O2. The van der Waals surface area contributed by atoms with E-state index in [1.165, 1.54) is 0 Å². The van der Waals surface area contributed by atoms with Crippen molar-refractivity contribution in [1.82, 2.24) is 9.88 Å². The first kappa shape index (κ1) is 13.7. The third kappa shape index (κ3) is 2.51. The number of aromatic nitrogens is 1. The fraction of sp³-hybridized carbons (Fsp3) is 0.375. The minimum Gasteiger partial charge on any atom is -0.361 e. The molecule has 1 saturated heterocycles. The van der Waals surface area contributed by atoms with E-state index in [1.807, 2.05) is 31.3 Å². The zero-order chi connectivity index (χ0) is 15.0. The fourth-order valence-electron chi connectivity index (χ4n) is 2.86. The van der Waals surface area contributed by atoms with E-state index >= 15 is 0 Å². The van der Waals surface area contributed by atoms with Crippen molar-refractivity contribution in [2.75, 3.05) is 12.4 Å². The summed E-state index contributed by atoms with van der Waals surface area (Å²) in [6.45, 7) is 1.97. The highest BCUT2D eigenvalue weighted by molar-refractivity contribution is 5.99. The summed E-state index contributed by atoms with van der Waals surface area (Å²) < 4.78 is 0. The van der Waals surface area contributed by atoms with Gasteiger partial charge in [0, 0.05) is 30.9 Å². The van der Waals surface area contributed by atoms with Crippen molar-refractivity contribution in [1.29, 1.82) is 0 Å². The number of benzene rings is 1. The zero-order valence-corrected chi connectivity index (χ0v) is 12.3. The number of aromatic amines is 1. The Balaban J connectivity index is 1.82. The topological polar surface area (TPSA) is 65.2 Å². The van der Waals surface area contributed by atoms with Gasteiger partial charge < -0.3 is 15.2 Å². The summed E-state index contributed by atoms with van der Waals surface area (Å²) in [7, 11) is 1.70. The molecule has 0 radical (unpaired) electrons. The highest BCUT2D eigenvalue weighted by atomic mass is 16.2. The number of hydrogen-bond donors (Lipinski definition) is 2. The van der Waals surface area contributed by atoms with Crippen LogP contribution in [0, 0.1) is 6.92 Å². The molecule has 2 amide bonds. The van der Waals surface area contributed by atoms with Crippen molar-refractivity contribution in [2.24, 2.45) is 0 Å². The summed E-state index contributed by atoms with van der Waals surface area (Å²) in [5.41, 5.74) is 2.80. The number of nitrogens with one attached hydrogen (secondary N) is 2. The van der Waals surface area contributed by atoms with Crippen LogP contribution in [0.15, 0.2) is 24.4 Å². The Kier molecular flexibility index (Phi) is 3.41. The summed E-state index contributed by atoms with van der Waals surface area (Å²) in [6, 6.07) is 5.61. The molecule has 21 heavy (non-hydrogen) atoms. The first-order valence-electron chi connectivity index (χ1n) is 7.20. The van der Waals surface area contributed by atoms with Gasteiger partial charge in [-0.25, -0.2) is 0 Å². The van der Waals surface area contributed by atoms with Crippen LogP contribution in [0.25, 0.3) is 10.9 Å². The van der Waals surface area contributed by atoms with Gasteiger partial charge in [-0.1, -0.05) is 0 Å². The van der Waals surface area contributed by atoms with E-state index < -0.39 is 0 Å². The van der Waals surface area contributed by atoms with Crippen LogP contribution in [0.5, 0.6) is 0 Å². The Morgan fingerprint density at radius 3 is 3.05 bits per heavy atom. The maximum atomic E-state index is 12.4. The van der Waals surface area contributed by atoms with Crippen LogP contribution in [-0.2, 0) is 9.59 Å². The average Bonchev–Trinajstić information content (AvgIpc) is 2.89. The van der Waals surface area contributed by atoms with E-state index in [4.69, 9.17) is 0 Å². The lowest BCUT2D eigenvalue weighted by atomic mass is 10.0. The number of likely N-dealkylation sites (tertiary alicyclic amines) is 1. The molecule has 110 valence electrons. The second-order valence-corrected chi connectivity index (χ2v) is 5.63. The van der Waals surface area contributed by atoms with Crippen LogP contribution in [0.4, 0.5) is 5.69 Å². The third-order valence-corrected chi connectivity index (χ3v) is 4.19. The molecular weight excluding hydrogens is 266 g/mol. The predicted octanol–water partition coefficient (Wildman–Crippen LogP) is 2.43. The van der Waals surface area contributed by atoms with Crippen molar-refractivity contribution in [2.45, 2.75) is 32.2 Å². The van der Waals surface area contributed by atoms with Crippen molar-refractivity contribution in [3.05, 3.63) is 30.0 Å². The Hall–Kier alpha value is -2.30. The van der Waals surface area contributed by atoms with E-state index in [0.29, 0.717) is 6.42 Å². The van der Waals surface area contributed by atoms with Crippen molar-refractivity contribution < 1.29 is 9.59 Å². The zero-order valence-electron chi connectivity index (χ0n) is 12.3. The predicted molar refractivity (Wildman–Crippen MR) is 82.1 cm³/mol. The molecule has 1 atom stereocenters. The molecule has 1 aromatic heterocycles. The number of amides is 2. The van der Waals surface area contributed by atoms with Crippen LogP contribution in [0.2, 0.25) is 0 Å². The van der Waals surface area contributed by atoms with Gasteiger partial charge in [-0.2, -0.15) is 0 Å². The molecule has 1 aliphatic heterocycles. The molecule has 0 spiro atoms. The molecule has 0 saturated carbocycles. The normalized spacial score (nSPS) is 19.0. The lowest BCUT2D eigenvalue weighted by molar-refractivity contribution is -0.140. The number of likely N-dealkylation sites (N-methyl/N-ethyl adjacent to an activating group) is 1. The number of rotatable bonds is 2. The Morgan fingerprint density at radius 2 is 2.24 bits per heavy atom. The summed E-state index contributed by atoms with van der Waals surface area (Å²) in [6.07, 6.45) is 3.91. The number of fused-ring (bicyclic) bond motifs is 1. The lowest BCUT2D eigenvalue weighted by Crippen LogP contribution is -2.47. The Morgan fingerprint density at radius 1 is 1.43 bits per heavy atom. The molecule has 3 rings (SSSR count). The summed E-state index contributed by atoms with van der Waals surface area (Å²) in [5.74, 6) is -0.0718. The van der Waals surface area contributed by atoms with E-state index in [1.54, 1.807) is 11.9 Å². The maximum absolute atomic E-state index is 12.4. The summed E-state index contributed by atoms with van der Waals surface area (Å²) >= 11 is 0. The summed E-state index contributed by atoms with van der Waals surface area (Å²) in [4.78, 5) is 28.8. The number of anilines is 1. The maximum Gasteiger partial charge on any atom is 0.247 e. The standard InChI is InChI=1S/C16H19N3O2/c1-10-8-11-6-7-17-13(11)9-12(10)18-16(21)14-4-3-5-15(20)19(14)2/h6-9,14,17H,3-5H2,1-2H3,(H,18,21). The number of aryl methyl sites for hydroxylation is 1. The van der Waals surface area contributed by atoms with E-state index in [9.17, 15) is 9.59 Å². The summed E-state index contributed by atoms with van der Waals surface area (Å²) in [5, 5.41) is 4.08. The molecule has 5 nitrogen and oxygen atoms in total. The van der Waals surface area contributed by atoms with Crippen LogP contribution in [0.3, 0.4) is 0 Å². The minimum absolute atomic E-state index is 0.0398.